The van der Waals surface area contributed by atoms with Gasteiger partial charge in [0.15, 0.2) is 0 Å². The Morgan fingerprint density at radius 1 is 0.695 bits per heavy atom. The quantitative estimate of drug-likeness (QED) is 0.106. The van der Waals surface area contributed by atoms with Crippen molar-refractivity contribution >= 4 is 55.1 Å². The van der Waals surface area contributed by atoms with Crippen molar-refractivity contribution in [2.45, 2.75) is 40.0 Å². The van der Waals surface area contributed by atoms with Crippen molar-refractivity contribution in [2.75, 3.05) is 0 Å². The highest BCUT2D eigenvalue weighted by Crippen LogP contribution is 2.48. The smallest absolute Gasteiger partial charge is 0.145 e. The molecule has 1 heterocycles. The third kappa shape index (κ3) is 6.40. The number of para-hydroxylation sites is 2. The maximum atomic E-state index is 5.22. The predicted octanol–water partition coefficient (Wildman–Crippen LogP) is 15.8. The SMILES string of the molecule is C=CC/C(=C\C(C)CC)n1c(-c2ccc(-c3ccc4c(-c5cccc6ccccc56)c5ccccc5c(-c5cccc6c5CC(C)C=C6)c4c3)cc2)nc2ccccc21. The average molecular weight is 761 g/mol. The topological polar surface area (TPSA) is 17.8 Å². The van der Waals surface area contributed by atoms with Gasteiger partial charge in [-0.25, -0.2) is 4.98 Å². The van der Waals surface area contributed by atoms with Crippen molar-refractivity contribution in [3.8, 4) is 44.8 Å². The van der Waals surface area contributed by atoms with Gasteiger partial charge in [-0.15, -0.1) is 6.58 Å². The first-order valence-electron chi connectivity index (χ1n) is 21.2. The van der Waals surface area contributed by atoms with Crippen molar-refractivity contribution in [1.29, 1.82) is 0 Å². The summed E-state index contributed by atoms with van der Waals surface area (Å²) in [6, 6.07) is 56.1. The summed E-state index contributed by atoms with van der Waals surface area (Å²) in [5.74, 6) is 1.88. The molecule has 2 atom stereocenters. The molecule has 1 aliphatic carbocycles. The first kappa shape index (κ1) is 36.6. The Morgan fingerprint density at radius 2 is 1.34 bits per heavy atom. The van der Waals surface area contributed by atoms with Gasteiger partial charge in [-0.2, -0.15) is 0 Å². The highest BCUT2D eigenvalue weighted by atomic mass is 15.1. The zero-order valence-electron chi connectivity index (χ0n) is 34.1. The van der Waals surface area contributed by atoms with Crippen molar-refractivity contribution < 1.29 is 0 Å². The summed E-state index contributed by atoms with van der Waals surface area (Å²) in [4.78, 5) is 5.22. The molecule has 10 rings (SSSR count). The minimum atomic E-state index is 0.443. The fraction of sp³-hybridized carbons (Fsp3) is 0.140. The van der Waals surface area contributed by atoms with Gasteiger partial charge in [0, 0.05) is 17.7 Å². The lowest BCUT2D eigenvalue weighted by Crippen LogP contribution is -2.05. The summed E-state index contributed by atoms with van der Waals surface area (Å²) in [6.07, 6.45) is 11.9. The monoisotopic (exact) mass is 760 g/mol. The van der Waals surface area contributed by atoms with Crippen LogP contribution in [-0.4, -0.2) is 9.55 Å². The van der Waals surface area contributed by atoms with Crippen LogP contribution < -0.4 is 0 Å². The molecular weight excluding hydrogens is 713 g/mol. The Kier molecular flexibility index (Phi) is 9.42. The minimum Gasteiger partial charge on any atom is -0.296 e. The second-order valence-electron chi connectivity index (χ2n) is 16.4. The van der Waals surface area contributed by atoms with E-state index in [9.17, 15) is 0 Å². The Hall–Kier alpha value is -6.77. The highest BCUT2D eigenvalue weighted by Gasteiger charge is 2.23. The molecule has 0 N–H and O–H groups in total. The molecule has 2 heteroatoms. The molecule has 2 unspecified atom stereocenters. The van der Waals surface area contributed by atoms with E-state index < -0.39 is 0 Å². The fourth-order valence-electron chi connectivity index (χ4n) is 9.41. The van der Waals surface area contributed by atoms with Crippen molar-refractivity contribution in [2.24, 2.45) is 11.8 Å². The maximum Gasteiger partial charge on any atom is 0.145 e. The first-order chi connectivity index (χ1) is 29.0. The predicted molar refractivity (Wildman–Crippen MR) is 254 cm³/mol. The maximum absolute atomic E-state index is 5.22. The molecule has 59 heavy (non-hydrogen) atoms. The molecule has 8 aromatic carbocycles. The van der Waals surface area contributed by atoms with Crippen LogP contribution in [0.25, 0.3) is 99.9 Å². The molecule has 1 aliphatic rings. The van der Waals surface area contributed by atoms with Crippen LogP contribution >= 0.6 is 0 Å². The molecule has 0 aliphatic heterocycles. The van der Waals surface area contributed by atoms with E-state index in [1.54, 1.807) is 0 Å². The molecule has 2 nitrogen and oxygen atoms in total. The zero-order valence-corrected chi connectivity index (χ0v) is 34.1. The number of nitrogens with zero attached hydrogens (tertiary/aromatic N) is 2. The van der Waals surface area contributed by atoms with Crippen LogP contribution in [0.5, 0.6) is 0 Å². The Balaban J connectivity index is 1.19. The van der Waals surface area contributed by atoms with E-state index in [-0.39, 0.29) is 0 Å². The normalized spacial score (nSPS) is 14.6. The van der Waals surface area contributed by atoms with Gasteiger partial charge >= 0.3 is 0 Å². The van der Waals surface area contributed by atoms with Gasteiger partial charge in [0.25, 0.3) is 0 Å². The molecular formula is C57H48N2. The lowest BCUT2D eigenvalue weighted by molar-refractivity contribution is 0.695. The second kappa shape index (κ2) is 15.2. The van der Waals surface area contributed by atoms with Crippen molar-refractivity contribution in [3.63, 3.8) is 0 Å². The minimum absolute atomic E-state index is 0.443. The van der Waals surface area contributed by atoms with Crippen LogP contribution in [0.15, 0.2) is 176 Å². The molecule has 0 radical (unpaired) electrons. The fourth-order valence-corrected chi connectivity index (χ4v) is 9.41. The van der Waals surface area contributed by atoms with E-state index in [2.05, 4.69) is 202 Å². The summed E-state index contributed by atoms with van der Waals surface area (Å²) < 4.78 is 2.34. The molecule has 286 valence electrons. The Morgan fingerprint density at radius 3 is 2.14 bits per heavy atom. The molecule has 9 aromatic rings. The number of aromatic nitrogens is 2. The van der Waals surface area contributed by atoms with E-state index in [4.69, 9.17) is 4.98 Å². The molecule has 0 fully saturated rings. The van der Waals surface area contributed by atoms with E-state index >= 15 is 0 Å². The number of imidazole rings is 1. The van der Waals surface area contributed by atoms with Gasteiger partial charge in [0.1, 0.15) is 5.82 Å². The number of allylic oxidation sites excluding steroid dienone is 4. The van der Waals surface area contributed by atoms with Crippen LogP contribution in [-0.2, 0) is 6.42 Å². The summed E-state index contributed by atoms with van der Waals surface area (Å²) in [5.41, 5.74) is 14.7. The van der Waals surface area contributed by atoms with Crippen molar-refractivity contribution in [3.05, 3.63) is 188 Å². The number of rotatable bonds is 9. The molecule has 0 saturated carbocycles. The van der Waals surface area contributed by atoms with Crippen molar-refractivity contribution in [1.82, 2.24) is 9.55 Å². The summed E-state index contributed by atoms with van der Waals surface area (Å²) >= 11 is 0. The second-order valence-corrected chi connectivity index (χ2v) is 16.4. The zero-order chi connectivity index (χ0) is 40.0. The number of hydrogen-bond acceptors (Lipinski definition) is 1. The summed E-state index contributed by atoms with van der Waals surface area (Å²) in [6.45, 7) is 11.0. The van der Waals surface area contributed by atoms with Gasteiger partial charge in [-0.05, 0) is 113 Å². The Labute approximate surface area is 347 Å². The molecule has 0 bridgehead atoms. The number of benzene rings is 8. The van der Waals surface area contributed by atoms with Gasteiger partial charge in [-0.1, -0.05) is 185 Å². The van der Waals surface area contributed by atoms with Gasteiger partial charge in [0.05, 0.1) is 11.0 Å². The Bertz CT molecular complexity index is 3130. The largest absolute Gasteiger partial charge is 0.296 e. The average Bonchev–Trinajstić information content (AvgIpc) is 3.67. The molecule has 0 spiro atoms. The molecule has 1 aromatic heterocycles. The van der Waals surface area contributed by atoms with E-state index in [1.165, 1.54) is 82.5 Å². The summed E-state index contributed by atoms with van der Waals surface area (Å²) in [5, 5.41) is 7.62. The number of hydrogen-bond donors (Lipinski definition) is 0. The third-order valence-electron chi connectivity index (χ3n) is 12.5. The highest BCUT2D eigenvalue weighted by molar-refractivity contribution is 6.24. The van der Waals surface area contributed by atoms with E-state index in [0.29, 0.717) is 11.8 Å². The third-order valence-corrected chi connectivity index (χ3v) is 12.5. The molecule has 0 saturated heterocycles. The first-order valence-corrected chi connectivity index (χ1v) is 21.2. The summed E-state index contributed by atoms with van der Waals surface area (Å²) in [7, 11) is 0. The lowest BCUT2D eigenvalue weighted by Gasteiger charge is -2.24. The van der Waals surface area contributed by atoms with Gasteiger partial charge in [0.2, 0.25) is 0 Å². The lowest BCUT2D eigenvalue weighted by atomic mass is 9.80. The van der Waals surface area contributed by atoms with Crippen LogP contribution in [0, 0.1) is 11.8 Å². The van der Waals surface area contributed by atoms with E-state index in [0.717, 1.165) is 41.7 Å². The van der Waals surface area contributed by atoms with E-state index in [1.807, 2.05) is 6.08 Å². The number of fused-ring (bicyclic) bond motifs is 5. The van der Waals surface area contributed by atoms with Gasteiger partial charge in [-0.3, -0.25) is 4.57 Å². The van der Waals surface area contributed by atoms with Crippen LogP contribution in [0.2, 0.25) is 0 Å². The van der Waals surface area contributed by atoms with Crippen LogP contribution in [0.1, 0.15) is 44.7 Å². The van der Waals surface area contributed by atoms with Crippen LogP contribution in [0.3, 0.4) is 0 Å². The van der Waals surface area contributed by atoms with Gasteiger partial charge < -0.3 is 0 Å². The molecule has 0 amide bonds. The standard InChI is InChI=1S/C57H48N2/c1-5-15-44(34-37(3)6-2)59-54-25-12-11-24-53(54)58-57(59)42-30-28-39(29-31-42)43-32-33-50-52(36-43)56(49-23-14-18-41-27-26-38(4)35-51(41)49)48-21-10-9-20-47(48)55(50)46-22-13-17-40-16-7-8-19-45(40)46/h5,7-14,16-34,36-38H,1,6,15,35H2,2-4H3/b44-34+. The van der Waals surface area contributed by atoms with Crippen LogP contribution in [0.4, 0.5) is 0 Å².